The highest BCUT2D eigenvalue weighted by atomic mass is 19.4. The normalized spacial score (nSPS) is 26.4. The van der Waals surface area contributed by atoms with E-state index < -0.39 is 23.6 Å². The molecule has 1 N–H and O–H groups in total. The highest BCUT2D eigenvalue weighted by Crippen LogP contribution is 2.43. The van der Waals surface area contributed by atoms with Gasteiger partial charge in [0.25, 0.3) is 0 Å². The van der Waals surface area contributed by atoms with E-state index in [0.29, 0.717) is 32.7 Å². The summed E-state index contributed by atoms with van der Waals surface area (Å²) in [4.78, 5) is 14.3. The van der Waals surface area contributed by atoms with E-state index in [2.05, 4.69) is 4.90 Å². The van der Waals surface area contributed by atoms with E-state index in [1.54, 1.807) is 0 Å². The lowest BCUT2D eigenvalue weighted by Gasteiger charge is -2.44. The van der Waals surface area contributed by atoms with E-state index in [0.717, 1.165) is 25.3 Å². The van der Waals surface area contributed by atoms with Crippen LogP contribution in [-0.2, 0) is 15.7 Å². The minimum atomic E-state index is -4.56. The molecule has 3 rings (SSSR count). The summed E-state index contributed by atoms with van der Waals surface area (Å²) in [6.45, 7) is 2.57. The predicted molar refractivity (Wildman–Crippen MR) is 90.0 cm³/mol. The van der Waals surface area contributed by atoms with Gasteiger partial charge in [-0.1, -0.05) is 31.0 Å². The van der Waals surface area contributed by atoms with Gasteiger partial charge in [-0.2, -0.15) is 13.2 Å². The number of nitrogens with zero attached hydrogens (tertiary/aromatic N) is 1. The van der Waals surface area contributed by atoms with Crippen molar-refractivity contribution in [2.45, 2.75) is 43.8 Å². The fourth-order valence-electron chi connectivity index (χ4n) is 4.46. The van der Waals surface area contributed by atoms with Gasteiger partial charge in [-0.3, -0.25) is 9.69 Å². The zero-order valence-electron chi connectivity index (χ0n) is 14.5. The van der Waals surface area contributed by atoms with Gasteiger partial charge < -0.3 is 9.84 Å². The summed E-state index contributed by atoms with van der Waals surface area (Å²) in [7, 11) is 0. The third-order valence-corrected chi connectivity index (χ3v) is 5.59. The summed E-state index contributed by atoms with van der Waals surface area (Å²) >= 11 is 0. The largest absolute Gasteiger partial charge is 0.481 e. The second-order valence-electron chi connectivity index (χ2n) is 7.06. The van der Waals surface area contributed by atoms with Gasteiger partial charge in [-0.15, -0.1) is 0 Å². The highest BCUT2D eigenvalue weighted by Gasteiger charge is 2.44. The van der Waals surface area contributed by atoms with Crippen molar-refractivity contribution in [1.82, 2.24) is 4.90 Å². The molecule has 4 nitrogen and oxygen atoms in total. The van der Waals surface area contributed by atoms with Crippen molar-refractivity contribution in [2.75, 3.05) is 26.3 Å². The molecule has 3 unspecified atom stereocenters. The smallest absolute Gasteiger partial charge is 0.416 e. The Bertz CT molecular complexity index is 629. The number of carboxylic acids is 1. The summed E-state index contributed by atoms with van der Waals surface area (Å²) in [5.74, 6) is -2.66. The summed E-state index contributed by atoms with van der Waals surface area (Å²) in [5, 5.41) is 9.87. The van der Waals surface area contributed by atoms with Gasteiger partial charge in [-0.05, 0) is 30.4 Å². The molecule has 0 aromatic heterocycles. The first kappa shape index (κ1) is 19.2. The molecule has 0 spiro atoms. The van der Waals surface area contributed by atoms with Gasteiger partial charge in [0.05, 0.1) is 24.7 Å². The highest BCUT2D eigenvalue weighted by molar-refractivity contribution is 5.77. The minimum absolute atomic E-state index is 0.0185. The molecule has 7 heteroatoms. The van der Waals surface area contributed by atoms with Crippen LogP contribution in [0.15, 0.2) is 24.3 Å². The Balaban J connectivity index is 1.97. The van der Waals surface area contributed by atoms with Crippen LogP contribution in [0.5, 0.6) is 0 Å². The van der Waals surface area contributed by atoms with Crippen molar-refractivity contribution in [1.29, 1.82) is 0 Å². The monoisotopic (exact) mass is 371 g/mol. The Hall–Kier alpha value is -1.60. The maximum atomic E-state index is 13.5. The molecular formula is C19H24F3NO3. The molecule has 26 heavy (non-hydrogen) atoms. The van der Waals surface area contributed by atoms with Gasteiger partial charge >= 0.3 is 12.1 Å². The van der Waals surface area contributed by atoms with Crippen LogP contribution in [0, 0.1) is 5.92 Å². The molecule has 0 bridgehead atoms. The zero-order valence-corrected chi connectivity index (χ0v) is 14.5. The van der Waals surface area contributed by atoms with Crippen LogP contribution in [0.2, 0.25) is 0 Å². The first-order valence-electron chi connectivity index (χ1n) is 9.10. The molecule has 144 valence electrons. The summed E-state index contributed by atoms with van der Waals surface area (Å²) in [6, 6.07) is 5.10. The number of benzene rings is 1. The van der Waals surface area contributed by atoms with E-state index in [1.807, 2.05) is 0 Å². The quantitative estimate of drug-likeness (QED) is 0.876. The Morgan fingerprint density at radius 2 is 1.81 bits per heavy atom. The van der Waals surface area contributed by atoms with E-state index in [-0.39, 0.29) is 17.5 Å². The molecule has 1 aromatic carbocycles. The van der Waals surface area contributed by atoms with E-state index in [1.165, 1.54) is 18.2 Å². The Kier molecular flexibility index (Phi) is 5.87. The predicted octanol–water partition coefficient (Wildman–Crippen LogP) is 3.76. The molecule has 1 aliphatic heterocycles. The number of carboxylic acid groups (broad SMARTS) is 1. The van der Waals surface area contributed by atoms with Crippen LogP contribution < -0.4 is 0 Å². The number of alkyl halides is 3. The average Bonchev–Trinajstić information content (AvgIpc) is 2.62. The first-order chi connectivity index (χ1) is 12.4. The van der Waals surface area contributed by atoms with Gasteiger partial charge in [0.15, 0.2) is 0 Å². The van der Waals surface area contributed by atoms with Gasteiger partial charge in [0.1, 0.15) is 0 Å². The van der Waals surface area contributed by atoms with Crippen LogP contribution in [0.1, 0.15) is 42.7 Å². The number of morpholine rings is 1. The van der Waals surface area contributed by atoms with E-state index in [4.69, 9.17) is 4.74 Å². The van der Waals surface area contributed by atoms with Crippen LogP contribution in [0.3, 0.4) is 0 Å². The van der Waals surface area contributed by atoms with E-state index in [9.17, 15) is 23.1 Å². The number of hydrogen-bond acceptors (Lipinski definition) is 3. The molecule has 3 atom stereocenters. The molecule has 1 aliphatic carbocycles. The van der Waals surface area contributed by atoms with Gasteiger partial charge in [-0.25, -0.2) is 0 Å². The van der Waals surface area contributed by atoms with E-state index >= 15 is 0 Å². The summed E-state index contributed by atoms with van der Waals surface area (Å²) < 4.78 is 45.8. The number of carbonyl (C=O) groups is 1. The fourth-order valence-corrected chi connectivity index (χ4v) is 4.46. The number of ether oxygens (including phenoxy) is 1. The number of rotatable bonds is 4. The van der Waals surface area contributed by atoms with Crippen LogP contribution in [0.25, 0.3) is 0 Å². The lowest BCUT2D eigenvalue weighted by Crippen LogP contribution is -2.50. The third kappa shape index (κ3) is 4.04. The SMILES string of the molecule is O=C(O)C(c1ccccc1C(F)(F)F)C1CCCCC1N1CCOCC1. The van der Waals surface area contributed by atoms with Crippen molar-refractivity contribution in [3.8, 4) is 0 Å². The topological polar surface area (TPSA) is 49.8 Å². The Morgan fingerprint density at radius 3 is 2.46 bits per heavy atom. The maximum absolute atomic E-state index is 13.5. The van der Waals surface area contributed by atoms with Crippen LogP contribution in [-0.4, -0.2) is 48.3 Å². The zero-order chi connectivity index (χ0) is 18.7. The van der Waals surface area contributed by atoms with Gasteiger partial charge in [0.2, 0.25) is 0 Å². The molecular weight excluding hydrogens is 347 g/mol. The lowest BCUT2D eigenvalue weighted by molar-refractivity contribution is -0.144. The Morgan fingerprint density at radius 1 is 1.15 bits per heavy atom. The molecule has 0 amide bonds. The Labute approximate surface area is 150 Å². The summed E-state index contributed by atoms with van der Waals surface area (Å²) in [6.07, 6.45) is -1.28. The van der Waals surface area contributed by atoms with Crippen molar-refractivity contribution in [3.63, 3.8) is 0 Å². The minimum Gasteiger partial charge on any atom is -0.481 e. The molecule has 2 aliphatic rings. The van der Waals surface area contributed by atoms with Crippen LogP contribution in [0.4, 0.5) is 13.2 Å². The van der Waals surface area contributed by atoms with Crippen LogP contribution >= 0.6 is 0 Å². The summed E-state index contributed by atoms with van der Waals surface area (Å²) in [5.41, 5.74) is -0.948. The fraction of sp³-hybridized carbons (Fsp3) is 0.632. The number of aliphatic carboxylic acids is 1. The maximum Gasteiger partial charge on any atom is 0.416 e. The number of halogens is 3. The van der Waals surface area contributed by atoms with Crippen molar-refractivity contribution in [3.05, 3.63) is 35.4 Å². The third-order valence-electron chi connectivity index (χ3n) is 5.59. The lowest BCUT2D eigenvalue weighted by atomic mass is 9.72. The molecule has 1 aromatic rings. The average molecular weight is 371 g/mol. The molecule has 1 saturated heterocycles. The van der Waals surface area contributed by atoms with Crippen molar-refractivity contribution in [2.24, 2.45) is 5.92 Å². The first-order valence-corrected chi connectivity index (χ1v) is 9.10. The molecule has 1 heterocycles. The molecule has 0 radical (unpaired) electrons. The molecule has 1 saturated carbocycles. The van der Waals surface area contributed by atoms with Gasteiger partial charge in [0, 0.05) is 19.1 Å². The standard InChI is InChI=1S/C19H24F3NO3/c20-19(21,22)15-7-3-1-5-13(15)17(18(24)25)14-6-2-4-8-16(14)23-9-11-26-12-10-23/h1,3,5,7,14,16-17H,2,4,6,8-12H2,(H,24,25). The second kappa shape index (κ2) is 7.96. The van der Waals surface area contributed by atoms with Crippen molar-refractivity contribution >= 4 is 5.97 Å². The second-order valence-corrected chi connectivity index (χ2v) is 7.06. The van der Waals surface area contributed by atoms with Crippen molar-refractivity contribution < 1.29 is 27.8 Å². The molecule has 2 fully saturated rings. The number of hydrogen-bond donors (Lipinski definition) is 1.